The van der Waals surface area contributed by atoms with E-state index in [4.69, 9.17) is 4.74 Å². The first-order valence-corrected chi connectivity index (χ1v) is 12.3. The molecule has 1 aliphatic rings. The van der Waals surface area contributed by atoms with E-state index >= 15 is 0 Å². The highest BCUT2D eigenvalue weighted by Gasteiger charge is 2.20. The van der Waals surface area contributed by atoms with Crippen molar-refractivity contribution < 1.29 is 9.53 Å². The second-order valence-corrected chi connectivity index (χ2v) is 9.49. The predicted molar refractivity (Wildman–Crippen MR) is 128 cm³/mol. The fourth-order valence-electron chi connectivity index (χ4n) is 3.72. The van der Waals surface area contributed by atoms with Crippen molar-refractivity contribution in [3.63, 3.8) is 0 Å². The van der Waals surface area contributed by atoms with Crippen LogP contribution in [0, 0.1) is 0 Å². The molecular weight excluding hydrogens is 408 g/mol. The molecule has 0 bridgehead atoms. The highest BCUT2D eigenvalue weighted by atomic mass is 32.1. The van der Waals surface area contributed by atoms with Gasteiger partial charge in [-0.05, 0) is 64.2 Å². The Morgan fingerprint density at radius 2 is 2.03 bits per heavy atom. The summed E-state index contributed by atoms with van der Waals surface area (Å²) in [5.41, 5.74) is 2.93. The van der Waals surface area contributed by atoms with Crippen LogP contribution in [0.15, 0.2) is 29.6 Å². The van der Waals surface area contributed by atoms with Gasteiger partial charge in [0, 0.05) is 36.8 Å². The monoisotopic (exact) mass is 444 g/mol. The number of nitrogens with one attached hydrogen (secondary N) is 2. The average Bonchev–Trinajstić information content (AvgIpc) is 3.25. The molecule has 1 aromatic heterocycles. The van der Waals surface area contributed by atoms with Gasteiger partial charge in [0.05, 0.1) is 22.8 Å². The number of rotatable bonds is 9. The van der Waals surface area contributed by atoms with E-state index in [-0.39, 0.29) is 12.1 Å². The number of urea groups is 1. The fraction of sp³-hybridized carbons (Fsp3) is 0.583. The molecule has 1 aliphatic heterocycles. The fourth-order valence-corrected chi connectivity index (χ4v) is 4.56. The minimum atomic E-state index is -0.218. The van der Waals surface area contributed by atoms with Gasteiger partial charge in [-0.3, -0.25) is 4.90 Å². The van der Waals surface area contributed by atoms with Crippen LogP contribution in [-0.4, -0.2) is 41.2 Å². The number of thiazole rings is 1. The normalized spacial score (nSPS) is 17.7. The zero-order valence-corrected chi connectivity index (χ0v) is 20.0. The van der Waals surface area contributed by atoms with Crippen molar-refractivity contribution in [1.29, 1.82) is 0 Å². The van der Waals surface area contributed by atoms with E-state index in [1.54, 1.807) is 11.3 Å². The Morgan fingerprint density at radius 1 is 1.26 bits per heavy atom. The molecule has 7 heteroatoms. The molecule has 0 spiro atoms. The van der Waals surface area contributed by atoms with Crippen LogP contribution < -0.4 is 10.6 Å². The van der Waals surface area contributed by atoms with Crippen LogP contribution in [0.25, 0.3) is 0 Å². The summed E-state index contributed by atoms with van der Waals surface area (Å²) in [6, 6.07) is 8.21. The second-order valence-electron chi connectivity index (χ2n) is 8.55. The van der Waals surface area contributed by atoms with Gasteiger partial charge < -0.3 is 15.4 Å². The van der Waals surface area contributed by atoms with Crippen LogP contribution in [0.5, 0.6) is 0 Å². The van der Waals surface area contributed by atoms with Crippen LogP contribution in [0.1, 0.15) is 69.3 Å². The van der Waals surface area contributed by atoms with Crippen LogP contribution in [0.3, 0.4) is 0 Å². The summed E-state index contributed by atoms with van der Waals surface area (Å²) in [4.78, 5) is 19.4. The van der Waals surface area contributed by atoms with E-state index in [2.05, 4.69) is 53.4 Å². The number of hydrogen-bond donors (Lipinski definition) is 2. The molecule has 0 radical (unpaired) electrons. The zero-order valence-electron chi connectivity index (χ0n) is 19.2. The van der Waals surface area contributed by atoms with Crippen molar-refractivity contribution in [2.45, 2.75) is 78.1 Å². The topological polar surface area (TPSA) is 66.5 Å². The summed E-state index contributed by atoms with van der Waals surface area (Å²) in [7, 11) is 0. The zero-order chi connectivity index (χ0) is 22.2. The number of anilines is 1. The number of aryl methyl sites for hydroxylation is 1. The molecule has 31 heavy (non-hydrogen) atoms. The number of aromatic nitrogens is 1. The van der Waals surface area contributed by atoms with Crippen LogP contribution in [0.2, 0.25) is 0 Å². The van der Waals surface area contributed by atoms with Crippen molar-refractivity contribution in [3.05, 3.63) is 45.9 Å². The molecule has 2 atom stereocenters. The summed E-state index contributed by atoms with van der Waals surface area (Å²) in [5.74, 6) is 0. The summed E-state index contributed by atoms with van der Waals surface area (Å²) >= 11 is 1.63. The summed E-state index contributed by atoms with van der Waals surface area (Å²) in [5, 5.41) is 8.99. The van der Waals surface area contributed by atoms with Crippen LogP contribution in [-0.2, 0) is 17.7 Å². The first-order valence-electron chi connectivity index (χ1n) is 11.4. The number of ether oxygens (including phenoxy) is 1. The Balaban J connectivity index is 1.50. The maximum atomic E-state index is 12.4. The van der Waals surface area contributed by atoms with Gasteiger partial charge in [-0.25, -0.2) is 9.78 Å². The van der Waals surface area contributed by atoms with Gasteiger partial charge in [-0.2, -0.15) is 0 Å². The minimum Gasteiger partial charge on any atom is -0.377 e. The van der Waals surface area contributed by atoms with E-state index in [0.29, 0.717) is 12.1 Å². The predicted octanol–water partition coefficient (Wildman–Crippen LogP) is 5.37. The van der Waals surface area contributed by atoms with Gasteiger partial charge in [0.15, 0.2) is 0 Å². The average molecular weight is 445 g/mol. The summed E-state index contributed by atoms with van der Waals surface area (Å²) in [6.07, 6.45) is 4.86. The lowest BCUT2D eigenvalue weighted by Crippen LogP contribution is -2.39. The van der Waals surface area contributed by atoms with Gasteiger partial charge in [0.25, 0.3) is 0 Å². The van der Waals surface area contributed by atoms with Gasteiger partial charge in [-0.1, -0.05) is 19.1 Å². The Hall–Kier alpha value is -1.96. The molecule has 2 N–H and O–H groups in total. The molecule has 0 aliphatic carbocycles. The highest BCUT2D eigenvalue weighted by Crippen LogP contribution is 2.19. The molecule has 0 saturated carbocycles. The Morgan fingerprint density at radius 3 is 2.65 bits per heavy atom. The molecule has 1 fully saturated rings. The highest BCUT2D eigenvalue weighted by molar-refractivity contribution is 7.09. The first kappa shape index (κ1) is 23.7. The third-order valence-corrected chi connectivity index (χ3v) is 6.71. The largest absolute Gasteiger partial charge is 0.377 e. The maximum absolute atomic E-state index is 12.4. The van der Waals surface area contributed by atoms with E-state index < -0.39 is 0 Å². The van der Waals surface area contributed by atoms with Crippen molar-refractivity contribution in [3.8, 4) is 0 Å². The molecule has 170 valence electrons. The smallest absolute Gasteiger partial charge is 0.319 e. The van der Waals surface area contributed by atoms with Crippen molar-refractivity contribution in [2.24, 2.45) is 0 Å². The molecule has 3 rings (SSSR count). The first-order chi connectivity index (χ1) is 14.9. The molecule has 6 nitrogen and oxygen atoms in total. The number of amides is 2. The number of nitrogens with zero attached hydrogens (tertiary/aromatic N) is 2. The molecule has 2 amide bonds. The van der Waals surface area contributed by atoms with Crippen LogP contribution >= 0.6 is 11.3 Å². The lowest BCUT2D eigenvalue weighted by Gasteiger charge is -2.32. The molecule has 2 heterocycles. The van der Waals surface area contributed by atoms with Gasteiger partial charge in [0.1, 0.15) is 0 Å². The third kappa shape index (κ3) is 7.30. The lowest BCUT2D eigenvalue weighted by molar-refractivity contribution is -0.0129. The molecule has 0 unspecified atom stereocenters. The Kier molecular flexibility index (Phi) is 8.87. The number of hydrogen-bond acceptors (Lipinski definition) is 5. The number of benzene rings is 1. The van der Waals surface area contributed by atoms with Crippen molar-refractivity contribution in [2.75, 3.05) is 18.5 Å². The Labute approximate surface area is 190 Å². The minimum absolute atomic E-state index is 0.127. The quantitative estimate of drug-likeness (QED) is 0.546. The van der Waals surface area contributed by atoms with E-state index in [0.717, 1.165) is 48.9 Å². The lowest BCUT2D eigenvalue weighted by atomic mass is 10.1. The molecular formula is C24H36N4O2S. The SMILES string of the molecule is CCc1nc([C@@H](C)NC(=O)Nc2ccc(CN(C[C@H]3CCCCO3)C(C)C)cc2)cs1. The van der Waals surface area contributed by atoms with E-state index in [1.165, 1.54) is 18.4 Å². The number of carbonyl (C=O) groups is 1. The van der Waals surface area contributed by atoms with Gasteiger partial charge in [0.2, 0.25) is 0 Å². The molecule has 1 aromatic carbocycles. The summed E-state index contributed by atoms with van der Waals surface area (Å²) in [6.45, 7) is 11.2. The maximum Gasteiger partial charge on any atom is 0.319 e. The van der Waals surface area contributed by atoms with E-state index in [9.17, 15) is 4.79 Å². The summed E-state index contributed by atoms with van der Waals surface area (Å²) < 4.78 is 5.93. The number of carbonyl (C=O) groups excluding carboxylic acids is 1. The molecule has 1 saturated heterocycles. The third-order valence-electron chi connectivity index (χ3n) is 5.70. The van der Waals surface area contributed by atoms with Gasteiger partial charge >= 0.3 is 6.03 Å². The second kappa shape index (κ2) is 11.6. The van der Waals surface area contributed by atoms with Gasteiger partial charge in [-0.15, -0.1) is 11.3 Å². The van der Waals surface area contributed by atoms with Crippen molar-refractivity contribution >= 4 is 23.1 Å². The molecule has 2 aromatic rings. The van der Waals surface area contributed by atoms with Crippen LogP contribution in [0.4, 0.5) is 10.5 Å². The Bertz CT molecular complexity index is 815. The van der Waals surface area contributed by atoms with E-state index in [1.807, 2.05) is 24.4 Å². The van der Waals surface area contributed by atoms with Crippen molar-refractivity contribution in [1.82, 2.24) is 15.2 Å². The standard InChI is InChI=1S/C24H36N4O2S/c1-5-23-27-22(16-31-23)18(4)25-24(29)26-20-11-9-19(10-12-20)14-28(17(2)3)15-21-8-6-7-13-30-21/h9-12,16-18,21H,5-8,13-15H2,1-4H3,(H2,25,26,29)/t18-,21-/m1/s1.